The lowest BCUT2D eigenvalue weighted by Gasteiger charge is -2.12. The maximum absolute atomic E-state index is 12.7. The van der Waals surface area contributed by atoms with Crippen LogP contribution in [0.15, 0.2) is 47.3 Å². The topological polar surface area (TPSA) is 107 Å². The van der Waals surface area contributed by atoms with Crippen LogP contribution in [0, 0.1) is 21.4 Å². The standard InChI is InChI=1S/C17H9N3O5/c18-8-10-7-13-14(5-6-15-16(13)25-9-24-15)19(17(10)21)11-1-3-12(4-2-11)20(22)23/h1-7H,9H2. The molecule has 3 aromatic rings. The Bertz CT molecular complexity index is 1130. The minimum Gasteiger partial charge on any atom is -0.454 e. The highest BCUT2D eigenvalue weighted by Crippen LogP contribution is 2.39. The van der Waals surface area contributed by atoms with Crippen molar-refractivity contribution >= 4 is 16.6 Å². The maximum Gasteiger partial charge on any atom is 0.273 e. The Kier molecular flexibility index (Phi) is 3.15. The third kappa shape index (κ3) is 2.18. The first kappa shape index (κ1) is 14.7. The van der Waals surface area contributed by atoms with E-state index in [-0.39, 0.29) is 18.0 Å². The molecule has 0 saturated carbocycles. The van der Waals surface area contributed by atoms with Gasteiger partial charge in [-0.1, -0.05) is 0 Å². The van der Waals surface area contributed by atoms with Crippen LogP contribution >= 0.6 is 0 Å². The molecule has 4 rings (SSSR count). The number of nitro groups is 1. The molecule has 0 unspecified atom stereocenters. The van der Waals surface area contributed by atoms with Crippen molar-refractivity contribution in [3.05, 3.63) is 68.5 Å². The van der Waals surface area contributed by atoms with Gasteiger partial charge in [-0.2, -0.15) is 5.26 Å². The molecular formula is C17H9N3O5. The van der Waals surface area contributed by atoms with Crippen molar-refractivity contribution < 1.29 is 14.4 Å². The van der Waals surface area contributed by atoms with Crippen LogP contribution in [0.4, 0.5) is 5.69 Å². The van der Waals surface area contributed by atoms with Gasteiger partial charge >= 0.3 is 0 Å². The first-order valence-electron chi connectivity index (χ1n) is 7.23. The molecule has 0 amide bonds. The van der Waals surface area contributed by atoms with Crippen molar-refractivity contribution in [2.75, 3.05) is 6.79 Å². The molecule has 1 aliphatic heterocycles. The zero-order valence-electron chi connectivity index (χ0n) is 12.6. The van der Waals surface area contributed by atoms with Crippen molar-refractivity contribution in [1.82, 2.24) is 4.57 Å². The second kappa shape index (κ2) is 5.35. The molecule has 1 aromatic heterocycles. The third-order valence-corrected chi connectivity index (χ3v) is 3.96. The molecule has 0 saturated heterocycles. The van der Waals surface area contributed by atoms with Gasteiger partial charge in [0.1, 0.15) is 11.6 Å². The van der Waals surface area contributed by atoms with Gasteiger partial charge in [0.2, 0.25) is 6.79 Å². The molecule has 0 spiro atoms. The predicted octanol–water partition coefficient (Wildman–Crippen LogP) is 2.50. The van der Waals surface area contributed by atoms with Crippen LogP contribution in [0.25, 0.3) is 16.6 Å². The molecule has 1 aliphatic rings. The molecule has 8 heteroatoms. The summed E-state index contributed by atoms with van der Waals surface area (Å²) in [5.41, 5.74) is 0.270. The number of non-ortho nitro benzene ring substituents is 1. The summed E-state index contributed by atoms with van der Waals surface area (Å²) in [4.78, 5) is 23.0. The van der Waals surface area contributed by atoms with E-state index in [1.165, 1.54) is 34.9 Å². The van der Waals surface area contributed by atoms with E-state index in [0.717, 1.165) is 0 Å². The first-order valence-corrected chi connectivity index (χ1v) is 7.23. The van der Waals surface area contributed by atoms with Crippen LogP contribution in [-0.4, -0.2) is 16.3 Å². The summed E-state index contributed by atoms with van der Waals surface area (Å²) < 4.78 is 12.1. The summed E-state index contributed by atoms with van der Waals surface area (Å²) in [6.07, 6.45) is 0. The molecule has 0 radical (unpaired) electrons. The second-order valence-electron chi connectivity index (χ2n) is 5.32. The molecule has 0 fully saturated rings. The number of hydrogen-bond acceptors (Lipinski definition) is 6. The highest BCUT2D eigenvalue weighted by molar-refractivity contribution is 5.90. The number of hydrogen-bond donors (Lipinski definition) is 0. The van der Waals surface area contributed by atoms with E-state index < -0.39 is 10.5 Å². The minimum absolute atomic E-state index is 0.0604. The van der Waals surface area contributed by atoms with Crippen LogP contribution in [0.2, 0.25) is 0 Å². The zero-order chi connectivity index (χ0) is 17.6. The van der Waals surface area contributed by atoms with Gasteiger partial charge in [-0.25, -0.2) is 0 Å². The van der Waals surface area contributed by atoms with Gasteiger partial charge in [0, 0.05) is 23.2 Å². The fraction of sp³-hybridized carbons (Fsp3) is 0.0588. The van der Waals surface area contributed by atoms with E-state index in [1.807, 2.05) is 6.07 Å². The smallest absolute Gasteiger partial charge is 0.273 e. The SMILES string of the molecule is N#Cc1cc2c3c(ccc2n(-c2ccc([N+](=O)[O-])cc2)c1=O)OCO3. The molecule has 0 bridgehead atoms. The van der Waals surface area contributed by atoms with Gasteiger partial charge in [-0.05, 0) is 30.3 Å². The molecule has 122 valence electrons. The molecule has 2 heterocycles. The Morgan fingerprint density at radius 2 is 1.92 bits per heavy atom. The number of ether oxygens (including phenoxy) is 2. The van der Waals surface area contributed by atoms with Crippen LogP contribution in [0.3, 0.4) is 0 Å². The number of nitro benzene ring substituents is 1. The number of fused-ring (bicyclic) bond motifs is 3. The summed E-state index contributed by atoms with van der Waals surface area (Å²) in [6.45, 7) is 0.0625. The summed E-state index contributed by atoms with van der Waals surface area (Å²) in [5.74, 6) is 0.995. The number of pyridine rings is 1. The van der Waals surface area contributed by atoms with Crippen molar-refractivity contribution in [3.8, 4) is 23.3 Å². The molecule has 0 atom stereocenters. The van der Waals surface area contributed by atoms with E-state index in [9.17, 15) is 20.2 Å². The zero-order valence-corrected chi connectivity index (χ0v) is 12.6. The third-order valence-electron chi connectivity index (χ3n) is 3.96. The monoisotopic (exact) mass is 335 g/mol. The summed E-state index contributed by atoms with van der Waals surface area (Å²) in [5, 5.41) is 20.7. The van der Waals surface area contributed by atoms with E-state index in [0.29, 0.717) is 28.1 Å². The molecule has 0 N–H and O–H groups in total. The van der Waals surface area contributed by atoms with Gasteiger partial charge in [0.25, 0.3) is 11.2 Å². The van der Waals surface area contributed by atoms with E-state index >= 15 is 0 Å². The summed E-state index contributed by atoms with van der Waals surface area (Å²) in [6, 6.07) is 12.2. The summed E-state index contributed by atoms with van der Waals surface area (Å²) >= 11 is 0. The maximum atomic E-state index is 12.7. The Morgan fingerprint density at radius 3 is 2.60 bits per heavy atom. The lowest BCUT2D eigenvalue weighted by atomic mass is 10.1. The van der Waals surface area contributed by atoms with E-state index in [1.54, 1.807) is 12.1 Å². The van der Waals surface area contributed by atoms with Gasteiger partial charge in [0.15, 0.2) is 11.5 Å². The number of rotatable bonds is 2. The molecule has 2 aromatic carbocycles. The normalized spacial score (nSPS) is 12.1. The van der Waals surface area contributed by atoms with Gasteiger partial charge in [-0.15, -0.1) is 0 Å². The summed E-state index contributed by atoms with van der Waals surface area (Å²) in [7, 11) is 0. The highest BCUT2D eigenvalue weighted by atomic mass is 16.7. The van der Waals surface area contributed by atoms with Gasteiger partial charge in [0.05, 0.1) is 10.4 Å². The van der Waals surface area contributed by atoms with Crippen LogP contribution in [-0.2, 0) is 0 Å². The van der Waals surface area contributed by atoms with Crippen molar-refractivity contribution in [2.45, 2.75) is 0 Å². The largest absolute Gasteiger partial charge is 0.454 e. The fourth-order valence-electron chi connectivity index (χ4n) is 2.81. The number of aromatic nitrogens is 1. The molecule has 8 nitrogen and oxygen atoms in total. The van der Waals surface area contributed by atoms with Crippen LogP contribution in [0.5, 0.6) is 11.5 Å². The Labute approximate surface area is 140 Å². The second-order valence-corrected chi connectivity index (χ2v) is 5.32. The minimum atomic E-state index is -0.519. The van der Waals surface area contributed by atoms with E-state index in [2.05, 4.69) is 0 Å². The molecule has 0 aliphatic carbocycles. The van der Waals surface area contributed by atoms with Crippen LogP contribution < -0.4 is 15.0 Å². The Balaban J connectivity index is 2.06. The van der Waals surface area contributed by atoms with Gasteiger partial charge < -0.3 is 9.47 Å². The number of benzene rings is 2. The van der Waals surface area contributed by atoms with Crippen molar-refractivity contribution in [2.24, 2.45) is 0 Å². The van der Waals surface area contributed by atoms with Crippen LogP contribution in [0.1, 0.15) is 5.56 Å². The fourth-order valence-corrected chi connectivity index (χ4v) is 2.81. The quantitative estimate of drug-likeness (QED) is 0.526. The average Bonchev–Trinajstić information content (AvgIpc) is 3.10. The Morgan fingerprint density at radius 1 is 1.16 bits per heavy atom. The molecule has 25 heavy (non-hydrogen) atoms. The van der Waals surface area contributed by atoms with E-state index in [4.69, 9.17) is 9.47 Å². The predicted molar refractivity (Wildman–Crippen MR) is 87.0 cm³/mol. The Hall–Kier alpha value is -3.86. The molecular weight excluding hydrogens is 326 g/mol. The first-order chi connectivity index (χ1) is 12.1. The number of nitriles is 1. The van der Waals surface area contributed by atoms with Gasteiger partial charge in [-0.3, -0.25) is 19.5 Å². The number of nitrogens with zero attached hydrogens (tertiary/aromatic N) is 3. The highest BCUT2D eigenvalue weighted by Gasteiger charge is 2.21. The lowest BCUT2D eigenvalue weighted by Crippen LogP contribution is -2.21. The van der Waals surface area contributed by atoms with Crippen molar-refractivity contribution in [3.63, 3.8) is 0 Å². The van der Waals surface area contributed by atoms with Crippen molar-refractivity contribution in [1.29, 1.82) is 5.26 Å². The lowest BCUT2D eigenvalue weighted by molar-refractivity contribution is -0.384. The average molecular weight is 335 g/mol.